The predicted molar refractivity (Wildman–Crippen MR) is 197 cm³/mol. The van der Waals surface area contributed by atoms with Gasteiger partial charge in [0.25, 0.3) is 0 Å². The molecule has 1 aliphatic carbocycles. The molecule has 57 heavy (non-hydrogen) atoms. The first-order valence-corrected chi connectivity index (χ1v) is 17.4. The van der Waals surface area contributed by atoms with Gasteiger partial charge in [-0.2, -0.15) is 10.1 Å². The lowest BCUT2D eigenvalue weighted by molar-refractivity contribution is -0.274. The number of aromatic hydroxyl groups is 3. The third kappa shape index (κ3) is 5.76. The van der Waals surface area contributed by atoms with E-state index in [2.05, 4.69) is 14.8 Å². The van der Waals surface area contributed by atoms with Gasteiger partial charge in [0.15, 0.2) is 17.3 Å². The highest BCUT2D eigenvalue weighted by molar-refractivity contribution is 6.14. The molecule has 3 aromatic carbocycles. The second-order valence-corrected chi connectivity index (χ2v) is 13.6. The van der Waals surface area contributed by atoms with Gasteiger partial charge < -0.3 is 34.3 Å². The number of methoxy groups -OCH3 is 2. The van der Waals surface area contributed by atoms with E-state index in [1.807, 2.05) is 6.07 Å². The highest BCUT2D eigenvalue weighted by Gasteiger charge is 2.55. The standard InChI is InChI=1S/C40H32F3N5O9/c1-18-32(49)30(24-12-11-23-36(44-24)47(38(53)45-37(23)52)15-14-20-6-13-26(54-4)27(16-20)55-5)34-31(33(18)50)39(3)28(56-34)17-25-29(35(39)51)19(2)46-48(25)21-7-9-22(10-8-21)57-40(41,42)43/h6-13,16-17,49-50H,14-15H2,1-5H3,(H,45,52,53)/t39-/m0/s1. The van der Waals surface area contributed by atoms with Gasteiger partial charge in [-0.05, 0) is 81.3 Å². The number of hydrogen-bond acceptors (Lipinski definition) is 12. The minimum Gasteiger partial charge on any atom is -0.507 e. The summed E-state index contributed by atoms with van der Waals surface area (Å²) < 4.78 is 62.2. The normalized spacial score (nSPS) is 15.8. The van der Waals surface area contributed by atoms with Crippen LogP contribution in [-0.2, 0) is 18.4 Å². The van der Waals surface area contributed by atoms with Gasteiger partial charge in [-0.3, -0.25) is 9.36 Å². The molecule has 3 N–H and O–H groups in total. The van der Waals surface area contributed by atoms with Gasteiger partial charge in [0.05, 0.1) is 59.1 Å². The number of alkyl halides is 3. The zero-order valence-corrected chi connectivity index (χ0v) is 30.8. The van der Waals surface area contributed by atoms with Crippen LogP contribution in [0.2, 0.25) is 0 Å². The number of allylic oxidation sites excluding steroid dienone is 1. The molecule has 6 aromatic rings. The molecular formula is C40H32F3N5O9. The molecule has 0 radical (unpaired) electrons. The molecule has 0 saturated carbocycles. The van der Waals surface area contributed by atoms with E-state index in [9.17, 15) is 38.1 Å². The SMILES string of the molecule is COc1ccc(CCn2c(=O)nc(O)c3ccc(-c4c(O)c(C)c(O)c5c4OC4=Cc6c(c(C)nn6-c6ccc(OC(F)(F)F)cc6)C(=O)[C@@]45C)nc32)cc1OC. The first kappa shape index (κ1) is 36.9. The van der Waals surface area contributed by atoms with E-state index in [-0.39, 0.29) is 62.7 Å². The van der Waals surface area contributed by atoms with Crippen molar-refractivity contribution in [1.82, 2.24) is 24.3 Å². The van der Waals surface area contributed by atoms with E-state index in [4.69, 9.17) is 19.2 Å². The number of fused-ring (bicyclic) bond motifs is 5. The third-order valence-corrected chi connectivity index (χ3v) is 10.3. The molecule has 0 saturated heterocycles. The summed E-state index contributed by atoms with van der Waals surface area (Å²) >= 11 is 0. The van der Waals surface area contributed by atoms with Crippen molar-refractivity contribution in [3.8, 4) is 57.3 Å². The first-order valence-electron chi connectivity index (χ1n) is 17.4. The van der Waals surface area contributed by atoms with Crippen molar-refractivity contribution in [3.63, 3.8) is 0 Å². The molecule has 0 spiro atoms. The molecule has 3 aromatic heterocycles. The Hall–Kier alpha value is -7.04. The van der Waals surface area contributed by atoms with E-state index in [0.29, 0.717) is 29.3 Å². The van der Waals surface area contributed by atoms with E-state index in [1.165, 1.54) is 54.7 Å². The average molecular weight is 784 g/mol. The van der Waals surface area contributed by atoms with E-state index in [1.54, 1.807) is 32.1 Å². The summed E-state index contributed by atoms with van der Waals surface area (Å²) in [6, 6.07) is 13.2. The number of halogens is 3. The summed E-state index contributed by atoms with van der Waals surface area (Å²) in [7, 11) is 3.03. The maximum absolute atomic E-state index is 14.6. The fraction of sp³-hybridized carbons (Fsp3) is 0.225. The highest BCUT2D eigenvalue weighted by Crippen LogP contribution is 2.60. The lowest BCUT2D eigenvalue weighted by Crippen LogP contribution is -2.36. The van der Waals surface area contributed by atoms with Crippen LogP contribution in [0, 0.1) is 13.8 Å². The zero-order chi connectivity index (χ0) is 40.7. The summed E-state index contributed by atoms with van der Waals surface area (Å²) in [6.45, 7) is 4.72. The number of hydrogen-bond donors (Lipinski definition) is 3. The van der Waals surface area contributed by atoms with Crippen molar-refractivity contribution < 1.29 is 52.2 Å². The van der Waals surface area contributed by atoms with Crippen molar-refractivity contribution in [1.29, 1.82) is 0 Å². The van der Waals surface area contributed by atoms with Crippen molar-refractivity contribution in [2.75, 3.05) is 14.2 Å². The Morgan fingerprint density at radius 1 is 0.895 bits per heavy atom. The van der Waals surface area contributed by atoms with E-state index in [0.717, 1.165) is 17.7 Å². The fourth-order valence-corrected chi connectivity index (χ4v) is 7.43. The number of Topliss-reactive ketones (excluding diaryl/α,β-unsaturated/α-hetero) is 1. The van der Waals surface area contributed by atoms with Crippen LogP contribution >= 0.6 is 0 Å². The molecular weight excluding hydrogens is 751 g/mol. The van der Waals surface area contributed by atoms with Crippen LogP contribution < -0.4 is 24.6 Å². The van der Waals surface area contributed by atoms with Gasteiger partial charge in [-0.25, -0.2) is 14.5 Å². The van der Waals surface area contributed by atoms with E-state index < -0.39 is 46.4 Å². The van der Waals surface area contributed by atoms with Crippen LogP contribution in [0.1, 0.15) is 45.4 Å². The number of nitrogens with zero attached hydrogens (tertiary/aromatic N) is 5. The largest absolute Gasteiger partial charge is 0.573 e. The summed E-state index contributed by atoms with van der Waals surface area (Å²) in [5, 5.41) is 38.5. The smallest absolute Gasteiger partial charge is 0.507 e. The van der Waals surface area contributed by atoms with Crippen molar-refractivity contribution >= 4 is 22.9 Å². The number of aromatic nitrogens is 5. The van der Waals surface area contributed by atoms with Gasteiger partial charge in [0.1, 0.15) is 39.8 Å². The predicted octanol–water partition coefficient (Wildman–Crippen LogP) is 6.42. The lowest BCUT2D eigenvalue weighted by Gasteiger charge is -2.27. The number of phenols is 2. The Morgan fingerprint density at radius 2 is 1.61 bits per heavy atom. The topological polar surface area (TPSA) is 180 Å². The molecule has 4 heterocycles. The van der Waals surface area contributed by atoms with Gasteiger partial charge in [-0.1, -0.05) is 6.07 Å². The Bertz CT molecular complexity index is 2780. The van der Waals surface area contributed by atoms with Gasteiger partial charge in [-0.15, -0.1) is 13.2 Å². The maximum Gasteiger partial charge on any atom is 0.573 e. The number of ketones is 1. The highest BCUT2D eigenvalue weighted by atomic mass is 19.4. The number of carbonyl (C=O) groups excluding carboxylic acids is 1. The first-order chi connectivity index (χ1) is 27.0. The Kier molecular flexibility index (Phi) is 8.44. The molecule has 8 rings (SSSR count). The van der Waals surface area contributed by atoms with Crippen LogP contribution in [0.3, 0.4) is 0 Å². The van der Waals surface area contributed by atoms with Crippen LogP contribution in [0.15, 0.2) is 65.2 Å². The van der Waals surface area contributed by atoms with Crippen LogP contribution in [0.25, 0.3) is 34.1 Å². The van der Waals surface area contributed by atoms with Crippen molar-refractivity contribution in [2.24, 2.45) is 0 Å². The molecule has 0 unspecified atom stereocenters. The molecule has 14 nitrogen and oxygen atoms in total. The maximum atomic E-state index is 14.6. The third-order valence-electron chi connectivity index (χ3n) is 10.3. The second-order valence-electron chi connectivity index (χ2n) is 13.6. The molecule has 292 valence electrons. The minimum absolute atomic E-state index is 0.00405. The van der Waals surface area contributed by atoms with Crippen molar-refractivity contribution in [2.45, 2.75) is 45.5 Å². The van der Waals surface area contributed by atoms with Crippen LogP contribution in [-0.4, -0.2) is 66.0 Å². The average Bonchev–Trinajstić information content (AvgIpc) is 3.66. The summed E-state index contributed by atoms with van der Waals surface area (Å²) in [6.07, 6.45) is -3.01. The molecule has 0 fully saturated rings. The monoisotopic (exact) mass is 783 g/mol. The number of ether oxygens (including phenoxy) is 4. The summed E-state index contributed by atoms with van der Waals surface area (Å²) in [5.41, 5.74) is -0.309. The number of phenolic OH excluding ortho intramolecular Hbond substituents is 2. The summed E-state index contributed by atoms with van der Waals surface area (Å²) in [4.78, 5) is 36.4. The second kappa shape index (κ2) is 13.0. The Balaban J connectivity index is 1.24. The molecule has 0 amide bonds. The summed E-state index contributed by atoms with van der Waals surface area (Å²) in [5.74, 6) is -1.27. The van der Waals surface area contributed by atoms with Crippen LogP contribution in [0.4, 0.5) is 13.2 Å². The number of benzene rings is 3. The quantitative estimate of drug-likeness (QED) is 0.154. The molecule has 17 heteroatoms. The lowest BCUT2D eigenvalue weighted by atomic mass is 9.71. The van der Waals surface area contributed by atoms with E-state index >= 15 is 0 Å². The van der Waals surface area contributed by atoms with Crippen LogP contribution in [0.5, 0.6) is 40.4 Å². The molecule has 0 bridgehead atoms. The number of carbonyl (C=O) groups is 1. The molecule has 1 atom stereocenters. The number of rotatable bonds is 8. The molecule has 1 aliphatic heterocycles. The van der Waals surface area contributed by atoms with Crippen molar-refractivity contribution in [3.05, 3.63) is 104 Å². The van der Waals surface area contributed by atoms with Gasteiger partial charge in [0, 0.05) is 18.2 Å². The Labute approximate surface area is 320 Å². The number of aryl methyl sites for hydroxylation is 3. The van der Waals surface area contributed by atoms with Gasteiger partial charge >= 0.3 is 12.1 Å². The van der Waals surface area contributed by atoms with Gasteiger partial charge in [0.2, 0.25) is 5.88 Å². The zero-order valence-electron chi connectivity index (χ0n) is 30.8. The molecule has 2 aliphatic rings. The minimum atomic E-state index is -4.88. The Morgan fingerprint density at radius 3 is 2.30 bits per heavy atom. The number of pyridine rings is 1. The fourth-order valence-electron chi connectivity index (χ4n) is 7.43.